The van der Waals surface area contributed by atoms with Crippen LogP contribution in [0.2, 0.25) is 0 Å². The Hall–Kier alpha value is -1.32. The summed E-state index contributed by atoms with van der Waals surface area (Å²) >= 11 is 0. The van der Waals surface area contributed by atoms with Crippen LogP contribution >= 0.6 is 0 Å². The van der Waals surface area contributed by atoms with E-state index in [1.54, 1.807) is 11.3 Å². The maximum absolute atomic E-state index is 3.91. The Kier molecular flexibility index (Phi) is 2.61. The van der Waals surface area contributed by atoms with Gasteiger partial charge in [-0.15, -0.1) is 0 Å². The van der Waals surface area contributed by atoms with Gasteiger partial charge in [-0.2, -0.15) is 0 Å². The zero-order chi connectivity index (χ0) is 15.0. The maximum atomic E-state index is 3.91. The molecule has 3 nitrogen and oxygen atoms in total. The highest BCUT2D eigenvalue weighted by atomic mass is 15.3. The summed E-state index contributed by atoms with van der Waals surface area (Å²) in [7, 11) is 0. The quantitative estimate of drug-likeness (QED) is 0.783. The van der Waals surface area contributed by atoms with E-state index in [4.69, 9.17) is 0 Å². The molecule has 120 valence electrons. The molecule has 1 aromatic carbocycles. The summed E-state index contributed by atoms with van der Waals surface area (Å²) in [4.78, 5) is 6.72. The van der Waals surface area contributed by atoms with Crippen molar-refractivity contribution < 1.29 is 0 Å². The molecule has 2 aromatic rings. The molecule has 2 bridgehead atoms. The zero-order valence-electron chi connectivity index (χ0n) is 13.6. The van der Waals surface area contributed by atoms with E-state index in [2.05, 4.69) is 39.5 Å². The van der Waals surface area contributed by atoms with E-state index in [-0.39, 0.29) is 0 Å². The van der Waals surface area contributed by atoms with Crippen molar-refractivity contribution in [2.75, 3.05) is 13.1 Å². The van der Waals surface area contributed by atoms with E-state index in [0.29, 0.717) is 6.04 Å². The predicted octanol–water partition coefficient (Wildman–Crippen LogP) is 3.23. The van der Waals surface area contributed by atoms with E-state index in [9.17, 15) is 0 Å². The molecule has 3 heteroatoms. The second-order valence-electron chi connectivity index (χ2n) is 8.09. The molecule has 7 rings (SSSR count). The van der Waals surface area contributed by atoms with Gasteiger partial charge in [-0.1, -0.05) is 18.2 Å². The van der Waals surface area contributed by atoms with E-state index < -0.39 is 0 Å². The highest BCUT2D eigenvalue weighted by Crippen LogP contribution is 2.54. The Labute approximate surface area is 137 Å². The molecule has 1 aliphatic carbocycles. The molecule has 3 saturated heterocycles. The third kappa shape index (κ3) is 1.62. The largest absolute Gasteiger partial charge is 0.357 e. The van der Waals surface area contributed by atoms with Crippen LogP contribution in [0.25, 0.3) is 10.9 Å². The van der Waals surface area contributed by atoms with Gasteiger partial charge in [0.2, 0.25) is 0 Å². The van der Waals surface area contributed by atoms with E-state index >= 15 is 0 Å². The minimum Gasteiger partial charge on any atom is -0.357 e. The fraction of sp³-hybridized carbons (Fsp3) is 0.600. The zero-order valence-corrected chi connectivity index (χ0v) is 13.6. The summed E-state index contributed by atoms with van der Waals surface area (Å²) in [6.07, 6.45) is 6.89. The number of benzene rings is 1. The van der Waals surface area contributed by atoms with Gasteiger partial charge < -0.3 is 10.3 Å². The number of hydrogen-bond donors (Lipinski definition) is 2. The number of para-hydroxylation sites is 1. The molecule has 5 atom stereocenters. The Morgan fingerprint density at radius 2 is 2.00 bits per heavy atom. The van der Waals surface area contributed by atoms with Crippen LogP contribution in [0.3, 0.4) is 0 Å². The van der Waals surface area contributed by atoms with Crippen molar-refractivity contribution in [2.24, 2.45) is 11.8 Å². The number of hydrogen-bond acceptors (Lipinski definition) is 2. The van der Waals surface area contributed by atoms with Gasteiger partial charge >= 0.3 is 0 Å². The van der Waals surface area contributed by atoms with E-state index in [0.717, 1.165) is 23.9 Å². The van der Waals surface area contributed by atoms with Gasteiger partial charge in [0.1, 0.15) is 0 Å². The molecule has 0 spiro atoms. The number of H-pyrrole nitrogens is 1. The van der Waals surface area contributed by atoms with Crippen molar-refractivity contribution in [1.29, 1.82) is 0 Å². The van der Waals surface area contributed by atoms with Crippen molar-refractivity contribution in [3.05, 3.63) is 35.5 Å². The van der Waals surface area contributed by atoms with Crippen molar-refractivity contribution in [2.45, 2.75) is 50.2 Å². The Morgan fingerprint density at radius 1 is 1.04 bits per heavy atom. The highest BCUT2D eigenvalue weighted by molar-refractivity contribution is 5.85. The Bertz CT molecular complexity index is 763. The van der Waals surface area contributed by atoms with Crippen molar-refractivity contribution in [3.8, 4) is 0 Å². The topological polar surface area (TPSA) is 31.1 Å². The molecule has 5 heterocycles. The normalized spacial score (nSPS) is 39.0. The van der Waals surface area contributed by atoms with Crippen LogP contribution in [-0.4, -0.2) is 35.1 Å². The molecule has 0 amide bonds. The van der Waals surface area contributed by atoms with Gasteiger partial charge in [0.25, 0.3) is 0 Å². The first-order valence-electron chi connectivity index (χ1n) is 9.50. The van der Waals surface area contributed by atoms with Gasteiger partial charge in [0.05, 0.1) is 6.04 Å². The summed E-state index contributed by atoms with van der Waals surface area (Å²) in [6.45, 7) is 2.50. The van der Waals surface area contributed by atoms with Crippen molar-refractivity contribution in [3.63, 3.8) is 0 Å². The summed E-state index contributed by atoms with van der Waals surface area (Å²) in [5, 5.41) is 5.38. The number of fused-ring (bicyclic) bond motifs is 4. The first-order chi connectivity index (χ1) is 11.4. The molecular formula is C20H25N3. The minimum absolute atomic E-state index is 0.636. The molecule has 5 aliphatic rings. The summed E-state index contributed by atoms with van der Waals surface area (Å²) in [5.74, 6) is 1.71. The van der Waals surface area contributed by atoms with E-state index in [1.807, 2.05) is 0 Å². The van der Waals surface area contributed by atoms with Crippen LogP contribution in [0.4, 0.5) is 0 Å². The van der Waals surface area contributed by atoms with Gasteiger partial charge in [-0.3, -0.25) is 4.90 Å². The number of rotatable bonds is 0. The molecule has 1 saturated carbocycles. The van der Waals surface area contributed by atoms with Gasteiger partial charge in [0.15, 0.2) is 0 Å². The molecule has 0 radical (unpaired) electrons. The Balaban J connectivity index is 1.50. The third-order valence-electron chi connectivity index (χ3n) is 7.26. The van der Waals surface area contributed by atoms with Crippen LogP contribution in [0, 0.1) is 11.8 Å². The van der Waals surface area contributed by atoms with Gasteiger partial charge in [-0.05, 0) is 62.1 Å². The van der Waals surface area contributed by atoms with Crippen molar-refractivity contribution >= 4 is 10.9 Å². The molecule has 2 N–H and O–H groups in total. The molecule has 1 aromatic heterocycles. The first kappa shape index (κ1) is 13.0. The van der Waals surface area contributed by atoms with Crippen LogP contribution in [-0.2, 0) is 6.42 Å². The third-order valence-corrected chi connectivity index (χ3v) is 7.26. The molecule has 23 heavy (non-hydrogen) atoms. The summed E-state index contributed by atoms with van der Waals surface area (Å²) < 4.78 is 0. The predicted molar refractivity (Wildman–Crippen MR) is 92.5 cm³/mol. The second kappa shape index (κ2) is 4.61. The number of piperidine rings is 3. The van der Waals surface area contributed by atoms with E-state index in [1.165, 1.54) is 56.1 Å². The fourth-order valence-electron chi connectivity index (χ4n) is 6.48. The number of aromatic nitrogens is 1. The van der Waals surface area contributed by atoms with Gasteiger partial charge in [-0.25, -0.2) is 0 Å². The lowest BCUT2D eigenvalue weighted by Gasteiger charge is -2.61. The lowest BCUT2D eigenvalue weighted by Crippen LogP contribution is -2.67. The second-order valence-corrected chi connectivity index (χ2v) is 8.09. The maximum Gasteiger partial charge on any atom is 0.0547 e. The summed E-state index contributed by atoms with van der Waals surface area (Å²) in [5.41, 5.74) is 4.51. The minimum atomic E-state index is 0.636. The van der Waals surface area contributed by atoms with Crippen molar-refractivity contribution in [1.82, 2.24) is 15.2 Å². The smallest absolute Gasteiger partial charge is 0.0547 e. The Morgan fingerprint density at radius 3 is 3.00 bits per heavy atom. The molecular weight excluding hydrogens is 282 g/mol. The molecule has 4 aliphatic heterocycles. The molecule has 4 unspecified atom stereocenters. The lowest BCUT2D eigenvalue weighted by molar-refractivity contribution is -0.0920. The average molecular weight is 307 g/mol. The fourth-order valence-corrected chi connectivity index (χ4v) is 6.48. The standard InChI is InChI=1S/C20H25N3/c1-2-6-16-12(4-1)13-9-11-23-17-8-7-15(20(23)19(13)22-16)18-14(17)5-3-10-21-18/h1-2,4,6,14-15,17-18,20-22H,3,5,7-11H2/t14-,15?,17?,18?,20?/m0/s1. The molecule has 4 fully saturated rings. The number of nitrogens with one attached hydrogen (secondary N) is 2. The summed E-state index contributed by atoms with van der Waals surface area (Å²) in [6, 6.07) is 11.1. The first-order valence-corrected chi connectivity index (χ1v) is 9.50. The van der Waals surface area contributed by atoms with Crippen LogP contribution < -0.4 is 5.32 Å². The van der Waals surface area contributed by atoms with Crippen LogP contribution in [0.15, 0.2) is 24.3 Å². The highest BCUT2D eigenvalue weighted by Gasteiger charge is 2.55. The van der Waals surface area contributed by atoms with Gasteiger partial charge in [0, 0.05) is 35.2 Å². The number of nitrogens with zero attached hydrogens (tertiary/aromatic N) is 1. The lowest BCUT2D eigenvalue weighted by atomic mass is 9.61. The van der Waals surface area contributed by atoms with Crippen LogP contribution in [0.1, 0.15) is 43.0 Å². The SMILES string of the molecule is c1ccc2c3c([nH]c2c1)C1C2CCC([C@@H]4CCCNC24)N1CC3. The monoisotopic (exact) mass is 307 g/mol. The van der Waals surface area contributed by atoms with Crippen LogP contribution in [0.5, 0.6) is 0 Å². The average Bonchev–Trinajstić information content (AvgIpc) is 3.01. The number of aromatic amines is 1.